The summed E-state index contributed by atoms with van der Waals surface area (Å²) in [6.07, 6.45) is 0. The van der Waals surface area contributed by atoms with Gasteiger partial charge >= 0.3 is 0 Å². The van der Waals surface area contributed by atoms with Gasteiger partial charge in [0.2, 0.25) is 11.7 Å². The minimum Gasteiger partial charge on any atom is -0.338 e. The largest absolute Gasteiger partial charge is 0.338 e. The van der Waals surface area contributed by atoms with Crippen LogP contribution in [0.3, 0.4) is 0 Å². The number of nitrogens with one attached hydrogen (secondary N) is 1. The fourth-order valence-corrected chi connectivity index (χ4v) is 2.57. The molecule has 3 rings (SSSR count). The molecule has 1 aliphatic rings. The highest BCUT2D eigenvalue weighted by molar-refractivity contribution is 5.55. The van der Waals surface area contributed by atoms with Gasteiger partial charge in [0.25, 0.3) is 0 Å². The van der Waals surface area contributed by atoms with E-state index < -0.39 is 0 Å². The number of nitrogens with zero attached hydrogens (tertiary/aromatic N) is 3. The fourth-order valence-electron chi connectivity index (χ4n) is 2.57. The van der Waals surface area contributed by atoms with Crippen molar-refractivity contribution in [2.45, 2.75) is 26.4 Å². The van der Waals surface area contributed by atoms with Crippen LogP contribution >= 0.6 is 0 Å². The molecule has 0 amide bonds. The highest BCUT2D eigenvalue weighted by atomic mass is 19.1. The predicted molar refractivity (Wildman–Crippen MR) is 77.2 cm³/mol. The summed E-state index contributed by atoms with van der Waals surface area (Å²) in [5, 5.41) is 7.39. The van der Waals surface area contributed by atoms with E-state index in [4.69, 9.17) is 4.52 Å². The molecular weight excluding hydrogens is 271 g/mol. The number of hydrogen-bond donors (Lipinski definition) is 1. The average Bonchev–Trinajstić information content (AvgIpc) is 2.90. The van der Waals surface area contributed by atoms with Crippen LogP contribution in [0.1, 0.15) is 18.4 Å². The second-order valence-electron chi connectivity index (χ2n) is 5.57. The van der Waals surface area contributed by atoms with E-state index in [1.807, 2.05) is 0 Å². The number of hydrogen-bond acceptors (Lipinski definition) is 5. The lowest BCUT2D eigenvalue weighted by Crippen LogP contribution is -2.48. The molecule has 1 saturated heterocycles. The smallest absolute Gasteiger partial charge is 0.241 e. The van der Waals surface area contributed by atoms with Crippen LogP contribution < -0.4 is 5.32 Å². The SMILES string of the molecule is Cc1cc(-c2noc(CN3CCNC(C)C3)n2)ccc1F. The Morgan fingerprint density at radius 1 is 1.48 bits per heavy atom. The molecule has 1 N–H and O–H groups in total. The number of rotatable bonds is 3. The third-order valence-corrected chi connectivity index (χ3v) is 3.70. The first kappa shape index (κ1) is 14.2. The van der Waals surface area contributed by atoms with E-state index in [1.54, 1.807) is 19.1 Å². The summed E-state index contributed by atoms with van der Waals surface area (Å²) in [5.41, 5.74) is 1.35. The van der Waals surface area contributed by atoms with E-state index in [1.165, 1.54) is 6.07 Å². The van der Waals surface area contributed by atoms with Crippen LogP contribution in [0.25, 0.3) is 11.4 Å². The molecule has 1 aromatic carbocycles. The molecule has 0 radical (unpaired) electrons. The van der Waals surface area contributed by atoms with Crippen LogP contribution in [-0.2, 0) is 6.54 Å². The van der Waals surface area contributed by atoms with E-state index in [9.17, 15) is 4.39 Å². The monoisotopic (exact) mass is 290 g/mol. The molecule has 2 heterocycles. The summed E-state index contributed by atoms with van der Waals surface area (Å²) in [6, 6.07) is 5.31. The highest BCUT2D eigenvalue weighted by Crippen LogP contribution is 2.19. The summed E-state index contributed by atoms with van der Waals surface area (Å²) in [4.78, 5) is 6.69. The van der Waals surface area contributed by atoms with Crippen molar-refractivity contribution in [2.75, 3.05) is 19.6 Å². The van der Waals surface area contributed by atoms with Crippen LogP contribution in [0.2, 0.25) is 0 Å². The molecule has 21 heavy (non-hydrogen) atoms. The average molecular weight is 290 g/mol. The van der Waals surface area contributed by atoms with Gasteiger partial charge in [0.05, 0.1) is 6.54 Å². The molecule has 1 fully saturated rings. The Balaban J connectivity index is 1.72. The van der Waals surface area contributed by atoms with Gasteiger partial charge in [-0.15, -0.1) is 0 Å². The topological polar surface area (TPSA) is 54.2 Å². The van der Waals surface area contributed by atoms with E-state index in [0.29, 0.717) is 29.9 Å². The standard InChI is InChI=1S/C15H19FN4O/c1-10-7-12(3-4-13(10)16)15-18-14(21-19-15)9-20-6-5-17-11(2)8-20/h3-4,7,11,17H,5-6,8-9H2,1-2H3. The van der Waals surface area contributed by atoms with Gasteiger partial charge in [-0.2, -0.15) is 4.98 Å². The number of aryl methyl sites for hydroxylation is 1. The van der Waals surface area contributed by atoms with Gasteiger partial charge in [0.1, 0.15) is 5.82 Å². The first-order valence-electron chi connectivity index (χ1n) is 7.16. The summed E-state index contributed by atoms with van der Waals surface area (Å²) >= 11 is 0. The molecule has 112 valence electrons. The molecule has 0 aliphatic carbocycles. The molecule has 0 saturated carbocycles. The Kier molecular flexibility index (Phi) is 3.98. The molecule has 0 spiro atoms. The van der Waals surface area contributed by atoms with Gasteiger partial charge in [0, 0.05) is 31.2 Å². The number of aromatic nitrogens is 2. The summed E-state index contributed by atoms with van der Waals surface area (Å²) in [5.74, 6) is 0.884. The highest BCUT2D eigenvalue weighted by Gasteiger charge is 2.18. The Labute approximate surface area is 123 Å². The Hall–Kier alpha value is -1.79. The normalized spacial score (nSPS) is 19.9. The van der Waals surface area contributed by atoms with Gasteiger partial charge in [0.15, 0.2) is 0 Å². The molecule has 0 bridgehead atoms. The molecule has 1 aliphatic heterocycles. The third kappa shape index (κ3) is 3.28. The van der Waals surface area contributed by atoms with Gasteiger partial charge < -0.3 is 9.84 Å². The number of halogens is 1. The molecule has 6 heteroatoms. The minimum absolute atomic E-state index is 0.225. The Bertz CT molecular complexity index is 628. The molecular formula is C15H19FN4O. The van der Waals surface area contributed by atoms with Crippen molar-refractivity contribution in [3.8, 4) is 11.4 Å². The minimum atomic E-state index is -0.225. The summed E-state index contributed by atoms with van der Waals surface area (Å²) in [7, 11) is 0. The first-order chi connectivity index (χ1) is 10.1. The fraction of sp³-hybridized carbons (Fsp3) is 0.467. The van der Waals surface area contributed by atoms with Crippen molar-refractivity contribution in [3.63, 3.8) is 0 Å². The summed E-state index contributed by atoms with van der Waals surface area (Å²) in [6.45, 7) is 7.44. The molecule has 1 unspecified atom stereocenters. The zero-order chi connectivity index (χ0) is 14.8. The van der Waals surface area contributed by atoms with Crippen LogP contribution in [0.4, 0.5) is 4.39 Å². The van der Waals surface area contributed by atoms with E-state index in [-0.39, 0.29) is 5.82 Å². The van der Waals surface area contributed by atoms with E-state index in [2.05, 4.69) is 27.3 Å². The molecule has 1 aromatic heterocycles. The van der Waals surface area contributed by atoms with Crippen LogP contribution in [0.5, 0.6) is 0 Å². The van der Waals surface area contributed by atoms with Crippen LogP contribution in [-0.4, -0.2) is 40.7 Å². The molecule has 5 nitrogen and oxygen atoms in total. The van der Waals surface area contributed by atoms with Gasteiger partial charge in [-0.05, 0) is 37.6 Å². The van der Waals surface area contributed by atoms with E-state index in [0.717, 1.165) is 25.2 Å². The maximum absolute atomic E-state index is 13.3. The van der Waals surface area contributed by atoms with Gasteiger partial charge in [-0.1, -0.05) is 5.16 Å². The lowest BCUT2D eigenvalue weighted by atomic mass is 10.1. The number of benzene rings is 1. The lowest BCUT2D eigenvalue weighted by Gasteiger charge is -2.30. The van der Waals surface area contributed by atoms with Crippen LogP contribution in [0.15, 0.2) is 22.7 Å². The Morgan fingerprint density at radius 3 is 3.10 bits per heavy atom. The maximum Gasteiger partial charge on any atom is 0.241 e. The van der Waals surface area contributed by atoms with Gasteiger partial charge in [-0.25, -0.2) is 4.39 Å². The van der Waals surface area contributed by atoms with Crippen molar-refractivity contribution in [3.05, 3.63) is 35.5 Å². The zero-order valence-corrected chi connectivity index (χ0v) is 12.3. The van der Waals surface area contributed by atoms with Crippen molar-refractivity contribution in [2.24, 2.45) is 0 Å². The van der Waals surface area contributed by atoms with Crippen molar-refractivity contribution in [1.82, 2.24) is 20.4 Å². The van der Waals surface area contributed by atoms with E-state index >= 15 is 0 Å². The van der Waals surface area contributed by atoms with Crippen molar-refractivity contribution < 1.29 is 8.91 Å². The predicted octanol–water partition coefficient (Wildman–Crippen LogP) is 1.98. The maximum atomic E-state index is 13.3. The Morgan fingerprint density at radius 2 is 2.33 bits per heavy atom. The lowest BCUT2D eigenvalue weighted by molar-refractivity contribution is 0.177. The quantitative estimate of drug-likeness (QED) is 0.936. The zero-order valence-electron chi connectivity index (χ0n) is 12.3. The second kappa shape index (κ2) is 5.91. The second-order valence-corrected chi connectivity index (χ2v) is 5.57. The van der Waals surface area contributed by atoms with Crippen molar-refractivity contribution >= 4 is 0 Å². The molecule has 2 aromatic rings. The molecule has 1 atom stereocenters. The first-order valence-corrected chi connectivity index (χ1v) is 7.16. The third-order valence-electron chi connectivity index (χ3n) is 3.70. The number of piperazine rings is 1. The van der Waals surface area contributed by atoms with Gasteiger partial charge in [-0.3, -0.25) is 4.90 Å². The van der Waals surface area contributed by atoms with Crippen molar-refractivity contribution in [1.29, 1.82) is 0 Å². The van der Waals surface area contributed by atoms with Crippen LogP contribution in [0, 0.1) is 12.7 Å². The summed E-state index contributed by atoms with van der Waals surface area (Å²) < 4.78 is 18.6.